The number of fused-ring (bicyclic) bond motifs is 1. The van der Waals surface area contributed by atoms with Gasteiger partial charge in [0.05, 0.1) is 18.2 Å². The molecule has 0 aliphatic carbocycles. The first-order valence-electron chi connectivity index (χ1n) is 5.67. The van der Waals surface area contributed by atoms with Crippen molar-refractivity contribution in [2.45, 2.75) is 6.54 Å². The van der Waals surface area contributed by atoms with Gasteiger partial charge in [0.15, 0.2) is 0 Å². The van der Waals surface area contributed by atoms with Crippen molar-refractivity contribution in [3.8, 4) is 11.8 Å². The highest BCUT2D eigenvalue weighted by Crippen LogP contribution is 2.24. The van der Waals surface area contributed by atoms with Crippen LogP contribution in [0.2, 0.25) is 0 Å². The van der Waals surface area contributed by atoms with Crippen LogP contribution in [-0.2, 0) is 6.54 Å². The second-order valence-corrected chi connectivity index (χ2v) is 4.02. The fourth-order valence-electron chi connectivity index (χ4n) is 1.86. The second-order valence-electron chi connectivity index (χ2n) is 4.02. The van der Waals surface area contributed by atoms with E-state index in [0.717, 1.165) is 16.9 Å². The summed E-state index contributed by atoms with van der Waals surface area (Å²) < 4.78 is 5.76. The SMILES string of the molecule is N#Cc1ccc(C2=NCc3ccccc3O2)cc1. The maximum atomic E-state index is 8.76. The molecular weight excluding hydrogens is 224 g/mol. The smallest absolute Gasteiger partial charge is 0.222 e. The third-order valence-electron chi connectivity index (χ3n) is 2.83. The number of ether oxygens (including phenoxy) is 1. The Kier molecular flexibility index (Phi) is 2.54. The summed E-state index contributed by atoms with van der Waals surface area (Å²) in [7, 11) is 0. The fourth-order valence-corrected chi connectivity index (χ4v) is 1.86. The maximum Gasteiger partial charge on any atom is 0.222 e. The number of nitrogens with zero attached hydrogens (tertiary/aromatic N) is 2. The Morgan fingerprint density at radius 3 is 2.61 bits per heavy atom. The zero-order chi connectivity index (χ0) is 12.4. The highest BCUT2D eigenvalue weighted by atomic mass is 16.5. The molecule has 1 aliphatic rings. The molecule has 0 aromatic heterocycles. The van der Waals surface area contributed by atoms with Gasteiger partial charge in [0.1, 0.15) is 5.75 Å². The Bertz CT molecular complexity index is 651. The lowest BCUT2D eigenvalue weighted by Gasteiger charge is -2.16. The Morgan fingerprint density at radius 1 is 1.06 bits per heavy atom. The van der Waals surface area contributed by atoms with Crippen LogP contribution in [0.25, 0.3) is 0 Å². The van der Waals surface area contributed by atoms with E-state index in [1.165, 1.54) is 0 Å². The molecule has 0 fully saturated rings. The van der Waals surface area contributed by atoms with Crippen LogP contribution in [0.4, 0.5) is 0 Å². The van der Waals surface area contributed by atoms with E-state index in [1.54, 1.807) is 12.1 Å². The first-order valence-corrected chi connectivity index (χ1v) is 5.67. The van der Waals surface area contributed by atoms with E-state index in [0.29, 0.717) is 18.0 Å². The minimum atomic E-state index is 0.609. The minimum absolute atomic E-state index is 0.609. The number of benzene rings is 2. The Morgan fingerprint density at radius 2 is 1.83 bits per heavy atom. The summed E-state index contributed by atoms with van der Waals surface area (Å²) in [5, 5.41) is 8.76. The monoisotopic (exact) mass is 234 g/mol. The molecule has 1 heterocycles. The number of hydrogen-bond donors (Lipinski definition) is 0. The normalized spacial score (nSPS) is 12.9. The maximum absolute atomic E-state index is 8.76. The molecule has 0 saturated carbocycles. The fraction of sp³-hybridized carbons (Fsp3) is 0.0667. The zero-order valence-corrected chi connectivity index (χ0v) is 9.63. The van der Waals surface area contributed by atoms with E-state index in [1.807, 2.05) is 36.4 Å². The standard InChI is InChI=1S/C15H10N2O/c16-9-11-5-7-12(8-6-11)15-17-10-13-3-1-2-4-14(13)18-15/h1-8H,10H2. The molecule has 0 saturated heterocycles. The van der Waals surface area contributed by atoms with Crippen molar-refractivity contribution >= 4 is 5.90 Å². The molecule has 1 aliphatic heterocycles. The molecule has 0 radical (unpaired) electrons. The lowest BCUT2D eigenvalue weighted by atomic mass is 10.1. The summed E-state index contributed by atoms with van der Waals surface area (Å²) in [5.41, 5.74) is 2.62. The van der Waals surface area contributed by atoms with Gasteiger partial charge in [-0.3, -0.25) is 0 Å². The molecule has 0 N–H and O–H groups in total. The van der Waals surface area contributed by atoms with Crippen LogP contribution in [-0.4, -0.2) is 5.90 Å². The zero-order valence-electron chi connectivity index (χ0n) is 9.63. The summed E-state index contributed by atoms with van der Waals surface area (Å²) in [4.78, 5) is 4.41. The van der Waals surface area contributed by atoms with E-state index in [2.05, 4.69) is 11.1 Å². The molecule has 0 spiro atoms. The molecule has 3 rings (SSSR count). The summed E-state index contributed by atoms with van der Waals surface area (Å²) >= 11 is 0. The van der Waals surface area contributed by atoms with Crippen molar-refractivity contribution in [3.05, 3.63) is 65.2 Å². The van der Waals surface area contributed by atoms with Crippen molar-refractivity contribution in [2.75, 3.05) is 0 Å². The van der Waals surface area contributed by atoms with Gasteiger partial charge >= 0.3 is 0 Å². The van der Waals surface area contributed by atoms with E-state index in [9.17, 15) is 0 Å². The predicted molar refractivity (Wildman–Crippen MR) is 68.5 cm³/mol. The van der Waals surface area contributed by atoms with Crippen molar-refractivity contribution < 1.29 is 4.74 Å². The summed E-state index contributed by atoms with van der Waals surface area (Å²) in [6.07, 6.45) is 0. The van der Waals surface area contributed by atoms with Crippen molar-refractivity contribution in [2.24, 2.45) is 4.99 Å². The molecule has 18 heavy (non-hydrogen) atoms. The van der Waals surface area contributed by atoms with Gasteiger partial charge in [0.25, 0.3) is 0 Å². The van der Waals surface area contributed by atoms with Gasteiger partial charge in [-0.05, 0) is 30.3 Å². The molecular formula is C15H10N2O. The molecule has 86 valence electrons. The van der Waals surface area contributed by atoms with Crippen LogP contribution in [0.5, 0.6) is 5.75 Å². The molecule has 3 heteroatoms. The van der Waals surface area contributed by atoms with Gasteiger partial charge in [0, 0.05) is 11.1 Å². The predicted octanol–water partition coefficient (Wildman–Crippen LogP) is 2.90. The first kappa shape index (κ1) is 10.5. The van der Waals surface area contributed by atoms with Crippen LogP contribution in [0, 0.1) is 11.3 Å². The second kappa shape index (κ2) is 4.34. The van der Waals surface area contributed by atoms with Gasteiger partial charge < -0.3 is 4.74 Å². The average Bonchev–Trinajstić information content (AvgIpc) is 2.47. The van der Waals surface area contributed by atoms with E-state index >= 15 is 0 Å². The third kappa shape index (κ3) is 1.85. The molecule has 0 unspecified atom stereocenters. The van der Waals surface area contributed by atoms with E-state index in [4.69, 9.17) is 10.00 Å². The first-order chi connectivity index (χ1) is 8.86. The van der Waals surface area contributed by atoms with Crippen LogP contribution in [0.15, 0.2) is 53.5 Å². The minimum Gasteiger partial charge on any atom is -0.438 e. The van der Waals surface area contributed by atoms with Gasteiger partial charge in [0.2, 0.25) is 5.90 Å². The summed E-state index contributed by atoms with van der Waals surface area (Å²) in [5.74, 6) is 1.46. The quantitative estimate of drug-likeness (QED) is 0.761. The van der Waals surface area contributed by atoms with Crippen LogP contribution < -0.4 is 4.74 Å². The average molecular weight is 234 g/mol. The lowest BCUT2D eigenvalue weighted by Crippen LogP contribution is -2.15. The largest absolute Gasteiger partial charge is 0.438 e. The highest BCUT2D eigenvalue weighted by Gasteiger charge is 2.14. The van der Waals surface area contributed by atoms with Gasteiger partial charge in [-0.15, -0.1) is 0 Å². The molecule has 2 aromatic rings. The molecule has 2 aromatic carbocycles. The Labute approximate surface area is 105 Å². The van der Waals surface area contributed by atoms with Crippen molar-refractivity contribution in [1.82, 2.24) is 0 Å². The molecule has 0 amide bonds. The number of hydrogen-bond acceptors (Lipinski definition) is 3. The Hall–Kier alpha value is -2.60. The molecule has 3 nitrogen and oxygen atoms in total. The van der Waals surface area contributed by atoms with Crippen LogP contribution >= 0.6 is 0 Å². The number of nitriles is 1. The van der Waals surface area contributed by atoms with Gasteiger partial charge in [-0.25, -0.2) is 4.99 Å². The van der Waals surface area contributed by atoms with E-state index < -0.39 is 0 Å². The number of aliphatic imine (C=N–C) groups is 1. The molecule has 0 atom stereocenters. The van der Waals surface area contributed by atoms with Crippen molar-refractivity contribution in [3.63, 3.8) is 0 Å². The highest BCUT2D eigenvalue weighted by molar-refractivity contribution is 5.96. The van der Waals surface area contributed by atoms with Crippen molar-refractivity contribution in [1.29, 1.82) is 5.26 Å². The lowest BCUT2D eigenvalue weighted by molar-refractivity contribution is 0.524. The third-order valence-corrected chi connectivity index (χ3v) is 2.83. The number of para-hydroxylation sites is 1. The number of rotatable bonds is 1. The van der Waals surface area contributed by atoms with Gasteiger partial charge in [-0.1, -0.05) is 18.2 Å². The van der Waals surface area contributed by atoms with Crippen LogP contribution in [0.3, 0.4) is 0 Å². The van der Waals surface area contributed by atoms with Crippen LogP contribution in [0.1, 0.15) is 16.7 Å². The molecule has 0 bridgehead atoms. The summed E-state index contributed by atoms with van der Waals surface area (Å²) in [6.45, 7) is 0.630. The topological polar surface area (TPSA) is 45.4 Å². The van der Waals surface area contributed by atoms with Gasteiger partial charge in [-0.2, -0.15) is 5.26 Å². The van der Waals surface area contributed by atoms with E-state index in [-0.39, 0.29) is 0 Å². The Balaban J connectivity index is 1.91. The summed E-state index contributed by atoms with van der Waals surface area (Å²) in [6, 6.07) is 17.2.